The zero-order chi connectivity index (χ0) is 16.9. The van der Waals surface area contributed by atoms with Crippen LogP contribution in [0.25, 0.3) is 0 Å². The number of piperidine rings is 1. The SMILES string of the molecule is COc1nc(N2CCCCCC2)nc(N2CCCC(C(=O)O)C2)n1. The molecule has 0 aromatic carbocycles. The minimum atomic E-state index is -0.756. The van der Waals surface area contributed by atoms with Crippen LogP contribution < -0.4 is 14.5 Å². The molecule has 8 heteroatoms. The van der Waals surface area contributed by atoms with E-state index in [9.17, 15) is 9.90 Å². The lowest BCUT2D eigenvalue weighted by Gasteiger charge is -2.31. The molecule has 0 radical (unpaired) electrons. The molecule has 1 aromatic heterocycles. The van der Waals surface area contributed by atoms with Crippen molar-refractivity contribution < 1.29 is 14.6 Å². The second-order valence-electron chi connectivity index (χ2n) is 6.45. The highest BCUT2D eigenvalue weighted by molar-refractivity contribution is 5.71. The van der Waals surface area contributed by atoms with Crippen LogP contribution in [0.1, 0.15) is 38.5 Å². The van der Waals surface area contributed by atoms with Crippen LogP contribution in [0, 0.1) is 5.92 Å². The van der Waals surface area contributed by atoms with Crippen LogP contribution in [0.4, 0.5) is 11.9 Å². The zero-order valence-corrected chi connectivity index (χ0v) is 14.1. The summed E-state index contributed by atoms with van der Waals surface area (Å²) in [4.78, 5) is 28.8. The largest absolute Gasteiger partial charge is 0.481 e. The Morgan fingerprint density at radius 2 is 1.62 bits per heavy atom. The fourth-order valence-corrected chi connectivity index (χ4v) is 3.34. The van der Waals surface area contributed by atoms with Gasteiger partial charge in [0.15, 0.2) is 0 Å². The van der Waals surface area contributed by atoms with Crippen molar-refractivity contribution in [2.45, 2.75) is 38.5 Å². The first-order valence-electron chi connectivity index (χ1n) is 8.70. The van der Waals surface area contributed by atoms with Crippen LogP contribution in [-0.2, 0) is 4.79 Å². The number of aromatic nitrogens is 3. The summed E-state index contributed by atoms with van der Waals surface area (Å²) in [5, 5.41) is 9.28. The lowest BCUT2D eigenvalue weighted by Crippen LogP contribution is -2.40. The second-order valence-corrected chi connectivity index (χ2v) is 6.45. The molecule has 2 aliphatic rings. The number of nitrogens with zero attached hydrogens (tertiary/aromatic N) is 5. The highest BCUT2D eigenvalue weighted by Gasteiger charge is 2.28. The van der Waals surface area contributed by atoms with E-state index < -0.39 is 5.97 Å². The van der Waals surface area contributed by atoms with Crippen molar-refractivity contribution in [3.05, 3.63) is 0 Å². The number of methoxy groups -OCH3 is 1. The standard InChI is InChI=1S/C16H25N5O3/c1-24-16-18-14(20-8-4-2-3-5-9-20)17-15(19-16)21-10-6-7-12(11-21)13(22)23/h12H,2-11H2,1H3,(H,22,23). The Labute approximate surface area is 141 Å². The number of carbonyl (C=O) groups is 1. The highest BCUT2D eigenvalue weighted by atomic mass is 16.5. The molecule has 1 atom stereocenters. The summed E-state index contributed by atoms with van der Waals surface area (Å²) >= 11 is 0. The molecule has 2 aliphatic heterocycles. The predicted molar refractivity (Wildman–Crippen MR) is 89.6 cm³/mol. The van der Waals surface area contributed by atoms with E-state index in [0.717, 1.165) is 38.9 Å². The van der Waals surface area contributed by atoms with E-state index in [1.165, 1.54) is 12.8 Å². The molecule has 1 aromatic rings. The summed E-state index contributed by atoms with van der Waals surface area (Å²) in [5.74, 6) is 0.0276. The van der Waals surface area contributed by atoms with Crippen molar-refractivity contribution in [2.75, 3.05) is 43.1 Å². The highest BCUT2D eigenvalue weighted by Crippen LogP contribution is 2.24. The number of ether oxygens (including phenoxy) is 1. The molecule has 0 saturated carbocycles. The van der Waals surface area contributed by atoms with E-state index >= 15 is 0 Å². The molecule has 2 fully saturated rings. The molecule has 0 amide bonds. The molecule has 3 heterocycles. The van der Waals surface area contributed by atoms with Crippen molar-refractivity contribution in [2.24, 2.45) is 5.92 Å². The fourth-order valence-electron chi connectivity index (χ4n) is 3.34. The Morgan fingerprint density at radius 1 is 1.00 bits per heavy atom. The number of aliphatic carboxylic acids is 1. The molecular weight excluding hydrogens is 310 g/mol. The van der Waals surface area contributed by atoms with Crippen LogP contribution in [0.3, 0.4) is 0 Å². The third kappa shape index (κ3) is 3.85. The van der Waals surface area contributed by atoms with Crippen molar-refractivity contribution in [3.63, 3.8) is 0 Å². The maximum Gasteiger partial charge on any atom is 0.322 e. The first-order valence-corrected chi connectivity index (χ1v) is 8.70. The van der Waals surface area contributed by atoms with Crippen LogP contribution >= 0.6 is 0 Å². The topological polar surface area (TPSA) is 91.7 Å². The van der Waals surface area contributed by atoms with Gasteiger partial charge in [-0.2, -0.15) is 15.0 Å². The average molecular weight is 335 g/mol. The van der Waals surface area contributed by atoms with Crippen molar-refractivity contribution in [1.82, 2.24) is 15.0 Å². The van der Waals surface area contributed by atoms with E-state index in [2.05, 4.69) is 19.9 Å². The van der Waals surface area contributed by atoms with Gasteiger partial charge < -0.3 is 19.6 Å². The minimum absolute atomic E-state index is 0.289. The molecule has 1 unspecified atom stereocenters. The molecule has 132 valence electrons. The van der Waals surface area contributed by atoms with Gasteiger partial charge in [0.05, 0.1) is 13.0 Å². The molecule has 0 bridgehead atoms. The average Bonchev–Trinajstić information content (AvgIpc) is 2.91. The quantitative estimate of drug-likeness (QED) is 0.886. The van der Waals surface area contributed by atoms with Crippen LogP contribution in [-0.4, -0.2) is 59.3 Å². The van der Waals surface area contributed by atoms with E-state index in [-0.39, 0.29) is 11.9 Å². The Bertz CT molecular complexity index is 575. The predicted octanol–water partition coefficient (Wildman–Crippen LogP) is 1.56. The number of carboxylic acids is 1. The summed E-state index contributed by atoms with van der Waals surface area (Å²) in [6, 6.07) is 0.289. The van der Waals surface area contributed by atoms with Gasteiger partial charge in [-0.25, -0.2) is 0 Å². The van der Waals surface area contributed by atoms with E-state index in [1.807, 2.05) is 4.90 Å². The summed E-state index contributed by atoms with van der Waals surface area (Å²) < 4.78 is 5.25. The third-order valence-corrected chi connectivity index (χ3v) is 4.72. The smallest absolute Gasteiger partial charge is 0.322 e. The lowest BCUT2D eigenvalue weighted by molar-refractivity contribution is -0.141. The summed E-state index contributed by atoms with van der Waals surface area (Å²) in [6.07, 6.45) is 6.26. The van der Waals surface area contributed by atoms with Crippen molar-refractivity contribution in [1.29, 1.82) is 0 Å². The molecule has 8 nitrogen and oxygen atoms in total. The molecule has 1 N–H and O–H groups in total. The number of hydrogen-bond donors (Lipinski definition) is 1. The molecular formula is C16H25N5O3. The van der Waals surface area contributed by atoms with Crippen molar-refractivity contribution >= 4 is 17.9 Å². The number of hydrogen-bond acceptors (Lipinski definition) is 7. The summed E-state index contributed by atoms with van der Waals surface area (Å²) in [7, 11) is 1.54. The second kappa shape index (κ2) is 7.63. The zero-order valence-electron chi connectivity index (χ0n) is 14.1. The van der Waals surface area contributed by atoms with Crippen LogP contribution in [0.15, 0.2) is 0 Å². The van der Waals surface area contributed by atoms with Gasteiger partial charge in [0.2, 0.25) is 11.9 Å². The first-order chi connectivity index (χ1) is 11.7. The maximum absolute atomic E-state index is 11.3. The summed E-state index contributed by atoms with van der Waals surface area (Å²) in [5.41, 5.74) is 0. The van der Waals surface area contributed by atoms with Gasteiger partial charge in [-0.05, 0) is 25.7 Å². The Balaban J connectivity index is 1.84. The van der Waals surface area contributed by atoms with Gasteiger partial charge in [-0.3, -0.25) is 4.79 Å². The van der Waals surface area contributed by atoms with Gasteiger partial charge in [0.25, 0.3) is 0 Å². The Hall–Kier alpha value is -2.12. The third-order valence-electron chi connectivity index (χ3n) is 4.72. The lowest BCUT2D eigenvalue weighted by atomic mass is 9.99. The van der Waals surface area contributed by atoms with Gasteiger partial charge in [0.1, 0.15) is 0 Å². The van der Waals surface area contributed by atoms with Crippen molar-refractivity contribution in [3.8, 4) is 6.01 Å². The fraction of sp³-hybridized carbons (Fsp3) is 0.750. The Morgan fingerprint density at radius 3 is 2.25 bits per heavy atom. The molecule has 24 heavy (non-hydrogen) atoms. The maximum atomic E-state index is 11.3. The normalized spacial score (nSPS) is 22.1. The molecule has 3 rings (SSSR count). The van der Waals surface area contributed by atoms with Gasteiger partial charge in [0, 0.05) is 26.2 Å². The first kappa shape index (κ1) is 16.7. The monoisotopic (exact) mass is 335 g/mol. The van der Waals surface area contributed by atoms with E-state index in [1.54, 1.807) is 7.11 Å². The minimum Gasteiger partial charge on any atom is -0.481 e. The number of anilines is 2. The molecule has 2 saturated heterocycles. The van der Waals surface area contributed by atoms with E-state index in [4.69, 9.17) is 4.74 Å². The number of carboxylic acid groups (broad SMARTS) is 1. The van der Waals surface area contributed by atoms with Crippen LogP contribution in [0.5, 0.6) is 6.01 Å². The van der Waals surface area contributed by atoms with Gasteiger partial charge in [-0.1, -0.05) is 12.8 Å². The summed E-state index contributed by atoms with van der Waals surface area (Å²) in [6.45, 7) is 3.06. The molecule has 0 spiro atoms. The molecule has 0 aliphatic carbocycles. The van der Waals surface area contributed by atoms with E-state index in [0.29, 0.717) is 24.9 Å². The Kier molecular flexibility index (Phi) is 5.32. The van der Waals surface area contributed by atoms with Gasteiger partial charge in [-0.15, -0.1) is 0 Å². The van der Waals surface area contributed by atoms with Gasteiger partial charge >= 0.3 is 12.0 Å². The number of rotatable bonds is 4. The van der Waals surface area contributed by atoms with Crippen LogP contribution in [0.2, 0.25) is 0 Å².